The molecule has 0 saturated heterocycles. The van der Waals surface area contributed by atoms with Gasteiger partial charge in [0.2, 0.25) is 0 Å². The van der Waals surface area contributed by atoms with E-state index in [4.69, 9.17) is 43.1 Å². The average molecular weight is 567 g/mol. The van der Waals surface area contributed by atoms with Crippen LogP contribution in [0.1, 0.15) is 0 Å². The minimum absolute atomic E-state index is 0. The molecule has 0 aliphatic heterocycles. The SMILES string of the molecule is O=[P+]([O-])[O-].O=[P+]([O-])[O-].O=[P+]([O-])[O-].[Ho+3].[Ho+3]. The molecule has 0 saturated carbocycles. The summed E-state index contributed by atoms with van der Waals surface area (Å²) in [6.45, 7) is 0. The van der Waals surface area contributed by atoms with Gasteiger partial charge in [0.05, 0.1) is 0 Å². The molecule has 14 heavy (non-hydrogen) atoms. The van der Waals surface area contributed by atoms with Crippen LogP contribution in [-0.2, 0) is 13.7 Å². The summed E-state index contributed by atoms with van der Waals surface area (Å²) >= 11 is 0. The monoisotopic (exact) mass is 567 g/mol. The van der Waals surface area contributed by atoms with Gasteiger partial charge < -0.3 is 29.4 Å². The predicted octanol–water partition coefficient (Wildman–Crippen LogP) is -4.91. The van der Waals surface area contributed by atoms with E-state index in [-0.39, 0.29) is 75.5 Å². The summed E-state index contributed by atoms with van der Waals surface area (Å²) in [7, 11) is -10.1. The van der Waals surface area contributed by atoms with E-state index < -0.39 is 24.8 Å². The minimum atomic E-state index is -3.37. The van der Waals surface area contributed by atoms with Crippen LogP contribution in [0.2, 0.25) is 0 Å². The third-order valence-corrected chi connectivity index (χ3v) is 0. The first kappa shape index (κ1) is 30.0. The Morgan fingerprint density at radius 3 is 0.500 bits per heavy atom. The van der Waals surface area contributed by atoms with E-state index in [0.29, 0.717) is 0 Å². The number of hydrogen-bond acceptors (Lipinski definition) is 9. The number of hydrogen-bond donors (Lipinski definition) is 0. The van der Waals surface area contributed by atoms with Crippen molar-refractivity contribution in [3.63, 3.8) is 0 Å². The van der Waals surface area contributed by atoms with Crippen molar-refractivity contribution in [1.82, 2.24) is 0 Å². The summed E-state index contributed by atoms with van der Waals surface area (Å²) in [5, 5.41) is 0. The van der Waals surface area contributed by atoms with E-state index in [1.807, 2.05) is 0 Å². The molecule has 14 heteroatoms. The Morgan fingerprint density at radius 1 is 0.500 bits per heavy atom. The Labute approximate surface area is 141 Å². The van der Waals surface area contributed by atoms with Gasteiger partial charge in [0, 0.05) is 0 Å². The van der Waals surface area contributed by atoms with Crippen LogP contribution in [0.25, 0.3) is 0 Å². The van der Waals surface area contributed by atoms with Crippen molar-refractivity contribution in [2.45, 2.75) is 0 Å². The Bertz CT molecular complexity index is 116. The topological polar surface area (TPSA) is 190 Å². The van der Waals surface area contributed by atoms with E-state index in [1.165, 1.54) is 0 Å². The van der Waals surface area contributed by atoms with Crippen LogP contribution in [0.5, 0.6) is 0 Å². The van der Waals surface area contributed by atoms with Crippen LogP contribution in [0, 0.1) is 75.5 Å². The second-order valence-electron chi connectivity index (χ2n) is 0.671. The van der Waals surface area contributed by atoms with Gasteiger partial charge in [-0.1, -0.05) is 13.7 Å². The predicted molar refractivity (Wildman–Crippen MR) is 22.8 cm³/mol. The van der Waals surface area contributed by atoms with Gasteiger partial charge in [-0.25, -0.2) is 0 Å². The molecule has 88 valence electrons. The van der Waals surface area contributed by atoms with Crippen molar-refractivity contribution in [2.75, 3.05) is 0 Å². The van der Waals surface area contributed by atoms with Crippen LogP contribution < -0.4 is 29.4 Å². The number of rotatable bonds is 0. The molecule has 0 rings (SSSR count). The van der Waals surface area contributed by atoms with Crippen molar-refractivity contribution in [1.29, 1.82) is 0 Å². The molecule has 0 N–H and O–H groups in total. The van der Waals surface area contributed by atoms with Gasteiger partial charge in [0.15, 0.2) is 0 Å². The fraction of sp³-hybridized carbons (Fsp3) is 0. The van der Waals surface area contributed by atoms with Gasteiger partial charge >= 0.3 is 75.5 Å². The minimum Gasteiger partial charge on any atom is -0.598 e. The molecular weight excluding hydrogens is 567 g/mol. The van der Waals surface area contributed by atoms with Crippen molar-refractivity contribution in [3.05, 3.63) is 0 Å². The van der Waals surface area contributed by atoms with E-state index in [2.05, 4.69) is 0 Å². The molecule has 0 fully saturated rings. The summed E-state index contributed by atoms with van der Waals surface area (Å²) in [5.74, 6) is 0. The first-order valence-corrected chi connectivity index (χ1v) is 4.93. The first-order chi connectivity index (χ1) is 5.20. The van der Waals surface area contributed by atoms with E-state index in [0.717, 1.165) is 0 Å². The average Bonchev–Trinajstić information content (AvgIpc) is 1.54. The molecule has 0 atom stereocenters. The maximum Gasteiger partial charge on any atom is 3.00 e. The molecule has 0 aromatic heterocycles. The van der Waals surface area contributed by atoms with Crippen molar-refractivity contribution < 1.29 is 119 Å². The van der Waals surface area contributed by atoms with E-state index >= 15 is 0 Å². The normalized spacial score (nSPS) is 5.57. The summed E-state index contributed by atoms with van der Waals surface area (Å²) in [6, 6.07) is 0. The zero-order valence-corrected chi connectivity index (χ0v) is 12.2. The molecule has 0 unspecified atom stereocenters. The Morgan fingerprint density at radius 2 is 0.500 bits per heavy atom. The molecule has 0 spiro atoms. The Hall–Kier alpha value is 2.58. The quantitative estimate of drug-likeness (QED) is 0.204. The summed E-state index contributed by atoms with van der Waals surface area (Å²) in [4.78, 5) is 50.9. The maximum atomic E-state index is 8.48. The van der Waals surface area contributed by atoms with E-state index in [1.54, 1.807) is 0 Å². The second-order valence-corrected chi connectivity index (χ2v) is 2.01. The largest absolute Gasteiger partial charge is 3.00 e. The third kappa shape index (κ3) is 404. The fourth-order valence-corrected chi connectivity index (χ4v) is 0. The van der Waals surface area contributed by atoms with Gasteiger partial charge in [0.25, 0.3) is 24.8 Å². The van der Waals surface area contributed by atoms with Gasteiger partial charge in [0.1, 0.15) is 0 Å². The molecule has 0 radical (unpaired) electrons. The summed E-state index contributed by atoms with van der Waals surface area (Å²) in [6.07, 6.45) is 0. The van der Waals surface area contributed by atoms with E-state index in [9.17, 15) is 0 Å². The zero-order chi connectivity index (χ0) is 10.7. The van der Waals surface area contributed by atoms with Crippen LogP contribution in [-0.4, -0.2) is 0 Å². The molecule has 0 aromatic rings. The van der Waals surface area contributed by atoms with Crippen LogP contribution in [0.4, 0.5) is 0 Å². The molecule has 0 aliphatic carbocycles. The van der Waals surface area contributed by atoms with Crippen LogP contribution in [0.3, 0.4) is 0 Å². The smallest absolute Gasteiger partial charge is 0.598 e. The molecule has 0 amide bonds. The Kier molecular flexibility index (Phi) is 52.9. The Balaban J connectivity index is -0.0000000270. The standard InChI is InChI=1S/2Ho.3HO3P/c;;3*1-4(2)3/h;;3*(H,1,2,3)/q2*+3;;;/p-3. The molecule has 0 aromatic carbocycles. The van der Waals surface area contributed by atoms with Crippen LogP contribution >= 0.6 is 24.8 Å². The molecule has 9 nitrogen and oxygen atoms in total. The molecule has 0 aliphatic rings. The molecular formula is Ho2O9P3+3. The molecule has 0 heterocycles. The van der Waals surface area contributed by atoms with Crippen molar-refractivity contribution in [2.24, 2.45) is 0 Å². The first-order valence-electron chi connectivity index (χ1n) is 1.64. The van der Waals surface area contributed by atoms with Gasteiger partial charge in [-0.2, -0.15) is 0 Å². The fourth-order valence-electron chi connectivity index (χ4n) is 0. The summed E-state index contributed by atoms with van der Waals surface area (Å²) < 4.78 is 25.4. The van der Waals surface area contributed by atoms with Crippen molar-refractivity contribution >= 4 is 24.8 Å². The van der Waals surface area contributed by atoms with Gasteiger partial charge in [-0.15, -0.1) is 0 Å². The zero-order valence-electron chi connectivity index (χ0n) is 5.62. The van der Waals surface area contributed by atoms with Gasteiger partial charge in [-0.05, 0) is 0 Å². The third-order valence-electron chi connectivity index (χ3n) is 0. The molecule has 0 bridgehead atoms. The van der Waals surface area contributed by atoms with Crippen molar-refractivity contribution in [3.8, 4) is 0 Å². The van der Waals surface area contributed by atoms with Gasteiger partial charge in [-0.3, -0.25) is 0 Å². The maximum absolute atomic E-state index is 8.48. The van der Waals surface area contributed by atoms with Crippen LogP contribution in [0.15, 0.2) is 0 Å². The second kappa shape index (κ2) is 24.7. The summed E-state index contributed by atoms with van der Waals surface area (Å²) in [5.41, 5.74) is 0.